The van der Waals surface area contributed by atoms with Crippen molar-refractivity contribution in [2.24, 2.45) is 0 Å². The van der Waals surface area contributed by atoms with Crippen LogP contribution in [0.5, 0.6) is 5.75 Å². The van der Waals surface area contributed by atoms with Crippen molar-refractivity contribution in [3.8, 4) is 5.75 Å². The van der Waals surface area contributed by atoms with E-state index in [9.17, 15) is 24.6 Å². The van der Waals surface area contributed by atoms with Gasteiger partial charge in [-0.1, -0.05) is 18.2 Å². The summed E-state index contributed by atoms with van der Waals surface area (Å²) in [7, 11) is 1.23. The number of carboxylic acids is 1. The summed E-state index contributed by atoms with van der Waals surface area (Å²) in [5, 5.41) is 27.5. The molecule has 1 saturated heterocycles. The molecule has 0 spiro atoms. The molecular formula is C14H16N2O6S. The minimum atomic E-state index is -1.28. The highest BCUT2D eigenvalue weighted by atomic mass is 32.2. The molecule has 3 N–H and O–H groups in total. The number of carbonyl (C=O) groups is 3. The number of carboxylic acid groups (broad SMARTS) is 2. The SMILES string of the molecule is CN(CC(=O)N1C(c2ccccc2O)SC[C@H]1C(=O)O)C(=O)O. The van der Waals surface area contributed by atoms with Crippen molar-refractivity contribution in [3.05, 3.63) is 29.8 Å². The van der Waals surface area contributed by atoms with E-state index >= 15 is 0 Å². The van der Waals surface area contributed by atoms with Gasteiger partial charge in [-0.3, -0.25) is 4.79 Å². The highest BCUT2D eigenvalue weighted by Crippen LogP contribution is 2.44. The van der Waals surface area contributed by atoms with E-state index < -0.39 is 35.9 Å². The zero-order valence-corrected chi connectivity index (χ0v) is 13.1. The molecule has 0 bridgehead atoms. The first-order valence-corrected chi connectivity index (χ1v) is 7.75. The smallest absolute Gasteiger partial charge is 0.407 e. The van der Waals surface area contributed by atoms with Crippen LogP contribution in [0.15, 0.2) is 24.3 Å². The fraction of sp³-hybridized carbons (Fsp3) is 0.357. The zero-order valence-electron chi connectivity index (χ0n) is 12.2. The molecule has 0 saturated carbocycles. The van der Waals surface area contributed by atoms with Crippen molar-refractivity contribution in [1.82, 2.24) is 9.80 Å². The van der Waals surface area contributed by atoms with Gasteiger partial charge in [-0.15, -0.1) is 11.8 Å². The lowest BCUT2D eigenvalue weighted by atomic mass is 10.1. The number of aromatic hydroxyl groups is 1. The highest BCUT2D eigenvalue weighted by Gasteiger charge is 2.43. The number of phenolic OH excluding ortho intramolecular Hbond substituents is 1. The van der Waals surface area contributed by atoms with Gasteiger partial charge in [0, 0.05) is 18.4 Å². The van der Waals surface area contributed by atoms with E-state index in [1.807, 2.05) is 0 Å². The van der Waals surface area contributed by atoms with Crippen LogP contribution < -0.4 is 0 Å². The molecule has 1 aliphatic rings. The molecule has 1 aromatic carbocycles. The molecule has 2 atom stereocenters. The molecule has 0 radical (unpaired) electrons. The predicted octanol–water partition coefficient (Wildman–Crippen LogP) is 1.03. The Bertz CT molecular complexity index is 637. The van der Waals surface area contributed by atoms with Crippen LogP contribution in [0.2, 0.25) is 0 Å². The second-order valence-electron chi connectivity index (χ2n) is 5.04. The molecule has 9 heteroatoms. The van der Waals surface area contributed by atoms with Crippen LogP contribution in [0.1, 0.15) is 10.9 Å². The Morgan fingerprint density at radius 1 is 1.30 bits per heavy atom. The van der Waals surface area contributed by atoms with Gasteiger partial charge in [-0.05, 0) is 6.07 Å². The van der Waals surface area contributed by atoms with Crippen molar-refractivity contribution < 1.29 is 29.7 Å². The molecule has 0 aromatic heterocycles. The maximum Gasteiger partial charge on any atom is 0.407 e. The summed E-state index contributed by atoms with van der Waals surface area (Å²) in [4.78, 5) is 36.6. The average Bonchev–Trinajstić information content (AvgIpc) is 2.92. The van der Waals surface area contributed by atoms with Crippen LogP contribution in [0, 0.1) is 0 Å². The van der Waals surface area contributed by atoms with E-state index in [-0.39, 0.29) is 11.5 Å². The Morgan fingerprint density at radius 2 is 1.96 bits per heavy atom. The van der Waals surface area contributed by atoms with Gasteiger partial charge in [0.25, 0.3) is 0 Å². The van der Waals surface area contributed by atoms with Gasteiger partial charge < -0.3 is 25.1 Å². The molecule has 8 nitrogen and oxygen atoms in total. The van der Waals surface area contributed by atoms with Crippen molar-refractivity contribution in [3.63, 3.8) is 0 Å². The molecule has 1 fully saturated rings. The predicted molar refractivity (Wildman–Crippen MR) is 82.2 cm³/mol. The fourth-order valence-corrected chi connectivity index (χ4v) is 3.76. The van der Waals surface area contributed by atoms with Gasteiger partial charge >= 0.3 is 12.1 Å². The summed E-state index contributed by atoms with van der Waals surface area (Å²) in [6.07, 6.45) is -1.28. The van der Waals surface area contributed by atoms with E-state index in [2.05, 4.69) is 0 Å². The fourth-order valence-electron chi connectivity index (χ4n) is 2.29. The first kappa shape index (κ1) is 16.9. The highest BCUT2D eigenvalue weighted by molar-refractivity contribution is 7.99. The van der Waals surface area contributed by atoms with Crippen LogP contribution in [-0.4, -0.2) is 68.5 Å². The Hall–Kier alpha value is -2.42. The number of likely N-dealkylation sites (N-methyl/N-ethyl adjacent to an activating group) is 1. The monoisotopic (exact) mass is 340 g/mol. The number of phenols is 1. The third-order valence-corrected chi connectivity index (χ3v) is 4.78. The lowest BCUT2D eigenvalue weighted by molar-refractivity contribution is -0.149. The van der Waals surface area contributed by atoms with Crippen LogP contribution in [-0.2, 0) is 9.59 Å². The molecule has 1 aromatic rings. The number of amides is 2. The topological polar surface area (TPSA) is 118 Å². The number of aliphatic carboxylic acids is 1. The second kappa shape index (κ2) is 6.78. The van der Waals surface area contributed by atoms with Gasteiger partial charge in [0.2, 0.25) is 5.91 Å². The number of rotatable bonds is 4. The number of benzene rings is 1. The van der Waals surface area contributed by atoms with Crippen LogP contribution >= 0.6 is 11.8 Å². The summed E-state index contributed by atoms with van der Waals surface area (Å²) in [5.41, 5.74) is 0.424. The first-order valence-electron chi connectivity index (χ1n) is 6.70. The number of hydrogen-bond donors (Lipinski definition) is 3. The van der Waals surface area contributed by atoms with E-state index in [1.165, 1.54) is 24.9 Å². The Morgan fingerprint density at radius 3 is 2.52 bits per heavy atom. The summed E-state index contributed by atoms with van der Waals surface area (Å²) >= 11 is 1.22. The van der Waals surface area contributed by atoms with Crippen LogP contribution in [0.3, 0.4) is 0 Å². The summed E-state index contributed by atoms with van der Waals surface area (Å²) < 4.78 is 0. The van der Waals surface area contributed by atoms with Crippen molar-refractivity contribution in [2.45, 2.75) is 11.4 Å². The summed E-state index contributed by atoms with van der Waals surface area (Å²) in [5.74, 6) is -1.67. The van der Waals surface area contributed by atoms with Crippen molar-refractivity contribution >= 4 is 29.7 Å². The maximum absolute atomic E-state index is 12.4. The Labute approximate surface area is 136 Å². The maximum atomic E-state index is 12.4. The van der Waals surface area contributed by atoms with Crippen LogP contribution in [0.4, 0.5) is 4.79 Å². The van der Waals surface area contributed by atoms with Crippen molar-refractivity contribution in [1.29, 1.82) is 0 Å². The van der Waals surface area contributed by atoms with Gasteiger partial charge in [0.1, 0.15) is 23.7 Å². The van der Waals surface area contributed by atoms with E-state index in [1.54, 1.807) is 18.2 Å². The Kier molecular flexibility index (Phi) is 4.99. The van der Waals surface area contributed by atoms with E-state index in [0.29, 0.717) is 5.56 Å². The van der Waals surface area contributed by atoms with Gasteiger partial charge in [-0.2, -0.15) is 0 Å². The zero-order chi connectivity index (χ0) is 17.1. The van der Waals surface area contributed by atoms with Gasteiger partial charge in [0.05, 0.1) is 0 Å². The van der Waals surface area contributed by atoms with E-state index in [0.717, 1.165) is 9.80 Å². The standard InChI is InChI=1S/C14H16N2O6S/c1-15(14(21)22)6-11(18)16-9(13(19)20)7-23-12(16)8-4-2-3-5-10(8)17/h2-5,9,12,17H,6-7H2,1H3,(H,19,20)(H,21,22)/t9-,12?/m0/s1. The van der Waals surface area contributed by atoms with Gasteiger partial charge in [0.15, 0.2) is 0 Å². The summed E-state index contributed by atoms with van der Waals surface area (Å²) in [6.45, 7) is -0.455. The Balaban J connectivity index is 2.31. The molecule has 1 aliphatic heterocycles. The first-order chi connectivity index (χ1) is 10.8. The molecule has 1 heterocycles. The minimum absolute atomic E-state index is 0.0413. The van der Waals surface area contributed by atoms with Crippen LogP contribution in [0.25, 0.3) is 0 Å². The molecule has 124 valence electrons. The minimum Gasteiger partial charge on any atom is -0.508 e. The lowest BCUT2D eigenvalue weighted by Crippen LogP contribution is -2.47. The number of nitrogens with zero attached hydrogens (tertiary/aromatic N) is 2. The normalized spacial score (nSPS) is 20.3. The second-order valence-corrected chi connectivity index (χ2v) is 6.15. The average molecular weight is 340 g/mol. The number of thioether (sulfide) groups is 1. The van der Waals surface area contributed by atoms with Crippen molar-refractivity contribution in [2.75, 3.05) is 19.3 Å². The summed E-state index contributed by atoms with van der Waals surface area (Å²) in [6, 6.07) is 5.29. The largest absolute Gasteiger partial charge is 0.508 e. The molecule has 0 aliphatic carbocycles. The molecular weight excluding hydrogens is 324 g/mol. The molecule has 1 unspecified atom stereocenters. The third-order valence-electron chi connectivity index (χ3n) is 3.48. The number of hydrogen-bond acceptors (Lipinski definition) is 5. The number of para-hydroxylation sites is 1. The number of carbonyl (C=O) groups excluding carboxylic acids is 1. The molecule has 23 heavy (non-hydrogen) atoms. The molecule has 2 rings (SSSR count). The van der Waals surface area contributed by atoms with Gasteiger partial charge in [-0.25, -0.2) is 9.59 Å². The third kappa shape index (κ3) is 3.50. The van der Waals surface area contributed by atoms with E-state index in [4.69, 9.17) is 5.11 Å². The quantitative estimate of drug-likeness (QED) is 0.749. The molecule has 2 amide bonds. The lowest BCUT2D eigenvalue weighted by Gasteiger charge is -2.29.